The molecule has 12 heteroatoms. The number of hydrogen-bond acceptors (Lipinski definition) is 8. The number of nitrogens with zero attached hydrogens (tertiary/aromatic N) is 6. The summed E-state index contributed by atoms with van der Waals surface area (Å²) in [6.45, 7) is 0.508. The maximum Gasteiger partial charge on any atom is 0.419 e. The van der Waals surface area contributed by atoms with Crippen molar-refractivity contribution in [2.75, 3.05) is 0 Å². The molecule has 12 nitrogen and oxygen atoms in total. The third kappa shape index (κ3) is 4.32. The molecule has 0 aliphatic carbocycles. The number of nitro benzene ring substituents is 1. The summed E-state index contributed by atoms with van der Waals surface area (Å²) in [5.41, 5.74) is 1.21. The van der Waals surface area contributed by atoms with Crippen LogP contribution in [0.5, 0.6) is 0 Å². The van der Waals surface area contributed by atoms with Crippen LogP contribution in [0.2, 0.25) is 0 Å². The Bertz CT molecular complexity index is 1290. The average molecular weight is 423 g/mol. The number of amides is 1. The van der Waals surface area contributed by atoms with E-state index < -0.39 is 10.7 Å². The van der Waals surface area contributed by atoms with Crippen LogP contribution in [0.15, 0.2) is 58.4 Å². The van der Waals surface area contributed by atoms with Crippen LogP contribution in [0.25, 0.3) is 16.9 Å². The average Bonchev–Trinajstić information content (AvgIpc) is 3.40. The summed E-state index contributed by atoms with van der Waals surface area (Å²) in [6.07, 6.45) is 5.13. The minimum absolute atomic E-state index is 0.140. The summed E-state index contributed by atoms with van der Waals surface area (Å²) in [6, 6.07) is 7.58. The number of aryl methyl sites for hydroxylation is 1. The normalized spacial score (nSPS) is 11.0. The van der Waals surface area contributed by atoms with E-state index in [0.29, 0.717) is 17.8 Å². The van der Waals surface area contributed by atoms with Gasteiger partial charge in [-0.2, -0.15) is 5.10 Å². The largest absolute Gasteiger partial charge is 0.419 e. The second-order valence-electron chi connectivity index (χ2n) is 6.64. The highest BCUT2D eigenvalue weighted by Gasteiger charge is 2.14. The zero-order valence-electron chi connectivity index (χ0n) is 16.2. The van der Waals surface area contributed by atoms with Gasteiger partial charge in [0.1, 0.15) is 12.7 Å². The number of pyridine rings is 1. The Labute approximate surface area is 174 Å². The number of oxazole rings is 1. The minimum Gasteiger partial charge on any atom is -0.407 e. The highest BCUT2D eigenvalue weighted by atomic mass is 16.6. The SMILES string of the molecule is O=C(CCCn1c(=O)oc2cc([N+](=O)[O-])ccc21)NCc1cccnc1-n1cncn1. The number of hydrogen-bond donors (Lipinski definition) is 1. The Kier molecular flexibility index (Phi) is 5.51. The summed E-state index contributed by atoms with van der Waals surface area (Å²) in [4.78, 5) is 42.8. The van der Waals surface area contributed by atoms with E-state index in [1.165, 1.54) is 40.1 Å². The van der Waals surface area contributed by atoms with Gasteiger partial charge in [-0.3, -0.25) is 19.5 Å². The van der Waals surface area contributed by atoms with Gasteiger partial charge in [0.05, 0.1) is 16.5 Å². The first-order valence-electron chi connectivity index (χ1n) is 9.36. The second-order valence-corrected chi connectivity index (χ2v) is 6.64. The van der Waals surface area contributed by atoms with Crippen LogP contribution in [0.1, 0.15) is 18.4 Å². The molecule has 1 aromatic carbocycles. The Hall–Kier alpha value is -4.35. The number of rotatable bonds is 8. The van der Waals surface area contributed by atoms with E-state index >= 15 is 0 Å². The van der Waals surface area contributed by atoms with Gasteiger partial charge < -0.3 is 9.73 Å². The molecule has 31 heavy (non-hydrogen) atoms. The lowest BCUT2D eigenvalue weighted by Crippen LogP contribution is -2.24. The van der Waals surface area contributed by atoms with Crippen LogP contribution >= 0.6 is 0 Å². The molecule has 0 radical (unpaired) electrons. The maximum atomic E-state index is 12.3. The molecule has 0 aliphatic heterocycles. The van der Waals surface area contributed by atoms with Crippen molar-refractivity contribution in [1.29, 1.82) is 0 Å². The third-order valence-corrected chi connectivity index (χ3v) is 4.63. The topological polar surface area (TPSA) is 151 Å². The van der Waals surface area contributed by atoms with Crippen LogP contribution in [0, 0.1) is 10.1 Å². The molecule has 0 saturated heterocycles. The van der Waals surface area contributed by atoms with Gasteiger partial charge in [-0.25, -0.2) is 19.4 Å². The first kappa shape index (κ1) is 19.9. The Morgan fingerprint density at radius 1 is 1.29 bits per heavy atom. The van der Waals surface area contributed by atoms with Crippen molar-refractivity contribution in [2.24, 2.45) is 0 Å². The van der Waals surface area contributed by atoms with E-state index in [1.54, 1.807) is 12.3 Å². The molecule has 3 aromatic heterocycles. The summed E-state index contributed by atoms with van der Waals surface area (Å²) in [5, 5.41) is 17.7. The quantitative estimate of drug-likeness (QED) is 0.331. The number of fused-ring (bicyclic) bond motifs is 1. The molecule has 0 atom stereocenters. The fourth-order valence-corrected chi connectivity index (χ4v) is 3.15. The fraction of sp³-hybridized carbons (Fsp3) is 0.211. The van der Waals surface area contributed by atoms with Gasteiger partial charge in [-0.15, -0.1) is 0 Å². The second kappa shape index (κ2) is 8.57. The van der Waals surface area contributed by atoms with Crippen molar-refractivity contribution in [3.63, 3.8) is 0 Å². The first-order valence-corrected chi connectivity index (χ1v) is 9.36. The number of nitrogens with one attached hydrogen (secondary N) is 1. The Morgan fingerprint density at radius 2 is 2.16 bits per heavy atom. The van der Waals surface area contributed by atoms with Gasteiger partial charge in [-0.05, 0) is 18.6 Å². The minimum atomic E-state index is -0.622. The zero-order chi connectivity index (χ0) is 21.8. The Balaban J connectivity index is 1.35. The molecule has 3 heterocycles. The lowest BCUT2D eigenvalue weighted by Gasteiger charge is -2.09. The molecule has 0 saturated carbocycles. The van der Waals surface area contributed by atoms with Gasteiger partial charge in [0.25, 0.3) is 5.69 Å². The van der Waals surface area contributed by atoms with Crippen molar-refractivity contribution in [3.8, 4) is 5.82 Å². The molecule has 158 valence electrons. The summed E-state index contributed by atoms with van der Waals surface area (Å²) in [5.74, 6) is -0.237. The monoisotopic (exact) mass is 423 g/mol. The summed E-state index contributed by atoms with van der Waals surface area (Å²) < 4.78 is 7.96. The highest BCUT2D eigenvalue weighted by Crippen LogP contribution is 2.20. The zero-order valence-corrected chi connectivity index (χ0v) is 16.2. The van der Waals surface area contributed by atoms with Gasteiger partial charge in [0.15, 0.2) is 11.4 Å². The molecule has 4 aromatic rings. The predicted octanol–water partition coefficient (Wildman–Crippen LogP) is 1.57. The summed E-state index contributed by atoms with van der Waals surface area (Å²) >= 11 is 0. The molecule has 0 aliphatic rings. The van der Waals surface area contributed by atoms with E-state index in [9.17, 15) is 19.7 Å². The van der Waals surface area contributed by atoms with Crippen LogP contribution in [0.3, 0.4) is 0 Å². The maximum absolute atomic E-state index is 12.3. The van der Waals surface area contributed by atoms with E-state index in [1.807, 2.05) is 6.07 Å². The van der Waals surface area contributed by atoms with E-state index in [4.69, 9.17) is 4.42 Å². The molecule has 1 N–H and O–H groups in total. The van der Waals surface area contributed by atoms with Crippen molar-refractivity contribution >= 4 is 22.7 Å². The number of benzene rings is 1. The van der Waals surface area contributed by atoms with E-state index in [2.05, 4.69) is 20.4 Å². The van der Waals surface area contributed by atoms with E-state index in [-0.39, 0.29) is 36.7 Å². The van der Waals surface area contributed by atoms with Crippen LogP contribution < -0.4 is 11.1 Å². The number of carbonyl (C=O) groups excluding carboxylic acids is 1. The smallest absolute Gasteiger partial charge is 0.407 e. The molecular weight excluding hydrogens is 406 g/mol. The molecule has 0 bridgehead atoms. The lowest BCUT2D eigenvalue weighted by atomic mass is 10.2. The van der Waals surface area contributed by atoms with Crippen molar-refractivity contribution in [1.82, 2.24) is 29.6 Å². The first-order chi connectivity index (χ1) is 15.0. The molecule has 0 spiro atoms. The van der Waals surface area contributed by atoms with Crippen LogP contribution in [-0.2, 0) is 17.9 Å². The highest BCUT2D eigenvalue weighted by molar-refractivity contribution is 5.76. The molecular formula is C19H17N7O5. The summed E-state index contributed by atoms with van der Waals surface area (Å²) in [7, 11) is 0. The number of aromatic nitrogens is 5. The lowest BCUT2D eigenvalue weighted by molar-refractivity contribution is -0.384. The molecule has 0 fully saturated rings. The number of non-ortho nitro benzene ring substituents is 1. The van der Waals surface area contributed by atoms with Crippen LogP contribution in [-0.4, -0.2) is 35.1 Å². The van der Waals surface area contributed by atoms with Gasteiger partial charge in [0, 0.05) is 37.3 Å². The predicted molar refractivity (Wildman–Crippen MR) is 107 cm³/mol. The fourth-order valence-electron chi connectivity index (χ4n) is 3.15. The standard InChI is InChI=1S/C19H17N7O5/c27-17(22-10-13-3-1-7-21-18(13)25-12-20-11-23-25)4-2-8-24-15-6-5-14(26(29)30)9-16(15)31-19(24)28/h1,3,5-7,9,11-12H,2,4,8,10H2,(H,22,27). The Morgan fingerprint density at radius 3 is 2.94 bits per heavy atom. The number of carbonyl (C=O) groups is 1. The van der Waals surface area contributed by atoms with Crippen LogP contribution in [0.4, 0.5) is 5.69 Å². The van der Waals surface area contributed by atoms with Gasteiger partial charge in [-0.1, -0.05) is 6.07 Å². The van der Waals surface area contributed by atoms with Crippen molar-refractivity contribution in [2.45, 2.75) is 25.9 Å². The van der Waals surface area contributed by atoms with Gasteiger partial charge in [0.2, 0.25) is 5.91 Å². The molecule has 1 amide bonds. The van der Waals surface area contributed by atoms with E-state index in [0.717, 1.165) is 5.56 Å². The molecule has 4 rings (SSSR count). The van der Waals surface area contributed by atoms with Crippen molar-refractivity contribution in [3.05, 3.63) is 75.4 Å². The third-order valence-electron chi connectivity index (χ3n) is 4.63. The van der Waals surface area contributed by atoms with Gasteiger partial charge >= 0.3 is 5.76 Å². The molecule has 0 unspecified atom stereocenters. The van der Waals surface area contributed by atoms with Crippen molar-refractivity contribution < 1.29 is 14.1 Å². The number of nitro groups is 1.